The number of nitrogens with zero attached hydrogens (tertiary/aromatic N) is 1. The highest BCUT2D eigenvalue weighted by molar-refractivity contribution is 9.10. The molecule has 3 rings (SSSR count). The first-order chi connectivity index (χ1) is 15.4. The minimum Gasteiger partial charge on any atom is -0.493 e. The van der Waals surface area contributed by atoms with Crippen molar-refractivity contribution in [3.05, 3.63) is 87.4 Å². The molecule has 0 saturated carbocycles. The zero-order chi connectivity index (χ0) is 22.9. The molecular weight excluding hydrogens is 498 g/mol. The molecule has 0 radical (unpaired) electrons. The molecule has 0 atom stereocenters. The van der Waals surface area contributed by atoms with E-state index in [1.807, 2.05) is 12.1 Å². The topological polar surface area (TPSA) is 89.0 Å². The molecule has 0 aliphatic rings. The maximum atomic E-state index is 11.9. The fourth-order valence-electron chi connectivity index (χ4n) is 2.56. The molecule has 32 heavy (non-hydrogen) atoms. The standard InChI is InChI=1S/C23H19BrClN3O4/c1-31-21-12-16(4-11-20(21)32-14-15-2-7-18(25)8-3-15)13-26-28-23(30)22(29)27-19-9-5-17(24)6-10-19/h2-13H,14H2,1H3,(H,27,29)(H,28,30)/b26-13-. The number of ether oxygens (including phenoxy) is 2. The number of nitrogens with one attached hydrogen (secondary N) is 2. The number of benzene rings is 3. The number of amides is 2. The third-order valence-electron chi connectivity index (χ3n) is 4.18. The summed E-state index contributed by atoms with van der Waals surface area (Å²) in [5, 5.41) is 6.97. The predicted octanol–water partition coefficient (Wildman–Crippen LogP) is 4.78. The summed E-state index contributed by atoms with van der Waals surface area (Å²) in [7, 11) is 1.53. The average Bonchev–Trinajstić information content (AvgIpc) is 2.80. The van der Waals surface area contributed by atoms with Gasteiger partial charge in [0, 0.05) is 15.2 Å². The minimum atomic E-state index is -0.890. The Bertz CT molecular complexity index is 1120. The molecule has 3 aromatic rings. The van der Waals surface area contributed by atoms with Crippen LogP contribution in [0.1, 0.15) is 11.1 Å². The Morgan fingerprint density at radius 3 is 2.41 bits per heavy atom. The van der Waals surface area contributed by atoms with Gasteiger partial charge in [-0.3, -0.25) is 9.59 Å². The Kier molecular flexibility index (Phi) is 8.24. The highest BCUT2D eigenvalue weighted by Crippen LogP contribution is 2.28. The molecule has 2 amide bonds. The van der Waals surface area contributed by atoms with Gasteiger partial charge in [-0.25, -0.2) is 5.43 Å². The summed E-state index contributed by atoms with van der Waals surface area (Å²) in [6.07, 6.45) is 1.40. The third kappa shape index (κ3) is 6.83. The lowest BCUT2D eigenvalue weighted by Gasteiger charge is -2.11. The van der Waals surface area contributed by atoms with Gasteiger partial charge in [0.25, 0.3) is 0 Å². The second kappa shape index (κ2) is 11.3. The molecular formula is C23H19BrClN3O4. The van der Waals surface area contributed by atoms with Gasteiger partial charge in [-0.2, -0.15) is 5.10 Å². The van der Waals surface area contributed by atoms with Crippen molar-refractivity contribution in [2.45, 2.75) is 6.61 Å². The summed E-state index contributed by atoms with van der Waals surface area (Å²) in [5.74, 6) is -0.660. The summed E-state index contributed by atoms with van der Waals surface area (Å²) in [6.45, 7) is 0.352. The lowest BCUT2D eigenvalue weighted by Crippen LogP contribution is -2.32. The van der Waals surface area contributed by atoms with E-state index in [4.69, 9.17) is 21.1 Å². The Hall–Kier alpha value is -3.36. The lowest BCUT2D eigenvalue weighted by molar-refractivity contribution is -0.136. The number of hydrazone groups is 1. The van der Waals surface area contributed by atoms with Crippen molar-refractivity contribution in [1.29, 1.82) is 0 Å². The van der Waals surface area contributed by atoms with E-state index in [9.17, 15) is 9.59 Å². The Balaban J connectivity index is 1.55. The van der Waals surface area contributed by atoms with Gasteiger partial charge in [0.15, 0.2) is 11.5 Å². The van der Waals surface area contributed by atoms with Crippen LogP contribution in [0, 0.1) is 0 Å². The molecule has 0 aliphatic heterocycles. The van der Waals surface area contributed by atoms with Crippen molar-refractivity contribution in [2.75, 3.05) is 12.4 Å². The van der Waals surface area contributed by atoms with Crippen molar-refractivity contribution in [3.63, 3.8) is 0 Å². The third-order valence-corrected chi connectivity index (χ3v) is 4.96. The fourth-order valence-corrected chi connectivity index (χ4v) is 2.95. The van der Waals surface area contributed by atoms with Gasteiger partial charge < -0.3 is 14.8 Å². The second-order valence-electron chi connectivity index (χ2n) is 6.49. The highest BCUT2D eigenvalue weighted by atomic mass is 79.9. The summed E-state index contributed by atoms with van der Waals surface area (Å²) in [4.78, 5) is 23.9. The van der Waals surface area contributed by atoms with E-state index in [1.165, 1.54) is 13.3 Å². The first-order valence-corrected chi connectivity index (χ1v) is 10.6. The number of carbonyl (C=O) groups excluding carboxylic acids is 2. The van der Waals surface area contributed by atoms with Gasteiger partial charge in [-0.05, 0) is 65.7 Å². The number of carbonyl (C=O) groups is 2. The van der Waals surface area contributed by atoms with Crippen LogP contribution in [0.4, 0.5) is 5.69 Å². The van der Waals surface area contributed by atoms with Gasteiger partial charge in [-0.1, -0.05) is 39.7 Å². The largest absolute Gasteiger partial charge is 0.493 e. The Morgan fingerprint density at radius 1 is 1.00 bits per heavy atom. The minimum absolute atomic E-state index is 0.352. The van der Waals surface area contributed by atoms with E-state index in [-0.39, 0.29) is 0 Å². The van der Waals surface area contributed by atoms with Crippen LogP contribution in [0.2, 0.25) is 5.02 Å². The second-order valence-corrected chi connectivity index (χ2v) is 7.84. The molecule has 0 aliphatic carbocycles. The van der Waals surface area contributed by atoms with Gasteiger partial charge in [0.1, 0.15) is 6.61 Å². The number of anilines is 1. The highest BCUT2D eigenvalue weighted by Gasteiger charge is 2.13. The molecule has 0 bridgehead atoms. The first kappa shape index (κ1) is 23.3. The normalized spacial score (nSPS) is 10.6. The van der Waals surface area contributed by atoms with Crippen molar-refractivity contribution in [1.82, 2.24) is 5.43 Å². The van der Waals surface area contributed by atoms with Gasteiger partial charge in [0.05, 0.1) is 13.3 Å². The predicted molar refractivity (Wildman–Crippen MR) is 127 cm³/mol. The van der Waals surface area contributed by atoms with Gasteiger partial charge in [-0.15, -0.1) is 0 Å². The van der Waals surface area contributed by atoms with Gasteiger partial charge in [0.2, 0.25) is 0 Å². The quantitative estimate of drug-likeness (QED) is 0.269. The molecule has 0 fully saturated rings. The number of methoxy groups -OCH3 is 1. The Morgan fingerprint density at radius 2 is 1.72 bits per heavy atom. The van der Waals surface area contributed by atoms with Crippen molar-refractivity contribution >= 4 is 51.2 Å². The van der Waals surface area contributed by atoms with E-state index < -0.39 is 11.8 Å². The monoisotopic (exact) mass is 515 g/mol. The van der Waals surface area contributed by atoms with Crippen molar-refractivity contribution in [2.24, 2.45) is 5.10 Å². The summed E-state index contributed by atoms with van der Waals surface area (Å²) >= 11 is 9.19. The number of rotatable bonds is 7. The molecule has 0 saturated heterocycles. The lowest BCUT2D eigenvalue weighted by atomic mass is 10.2. The zero-order valence-electron chi connectivity index (χ0n) is 17.0. The molecule has 0 spiro atoms. The SMILES string of the molecule is COc1cc(/C=N\NC(=O)C(=O)Nc2ccc(Br)cc2)ccc1OCc1ccc(Cl)cc1. The van der Waals surface area contributed by atoms with Crippen LogP contribution in [-0.4, -0.2) is 25.1 Å². The molecule has 2 N–H and O–H groups in total. The van der Waals surface area contributed by atoms with E-state index in [0.29, 0.717) is 34.4 Å². The molecule has 9 heteroatoms. The molecule has 7 nitrogen and oxygen atoms in total. The summed E-state index contributed by atoms with van der Waals surface area (Å²) in [5.41, 5.74) is 4.30. The van der Waals surface area contributed by atoms with Crippen LogP contribution in [0.15, 0.2) is 76.3 Å². The molecule has 0 heterocycles. The van der Waals surface area contributed by atoms with Crippen LogP contribution in [-0.2, 0) is 16.2 Å². The van der Waals surface area contributed by atoms with Crippen LogP contribution in [0.3, 0.4) is 0 Å². The van der Waals surface area contributed by atoms with Crippen molar-refractivity contribution in [3.8, 4) is 11.5 Å². The molecule has 164 valence electrons. The van der Waals surface area contributed by atoms with E-state index in [2.05, 4.69) is 31.8 Å². The Labute approximate surface area is 198 Å². The van der Waals surface area contributed by atoms with Crippen LogP contribution < -0.4 is 20.2 Å². The van der Waals surface area contributed by atoms with E-state index in [0.717, 1.165) is 10.0 Å². The first-order valence-electron chi connectivity index (χ1n) is 9.40. The number of hydrogen-bond acceptors (Lipinski definition) is 5. The number of hydrogen-bond donors (Lipinski definition) is 2. The summed E-state index contributed by atoms with van der Waals surface area (Å²) < 4.78 is 12.0. The van der Waals surface area contributed by atoms with Crippen molar-refractivity contribution < 1.29 is 19.1 Å². The molecule has 3 aromatic carbocycles. The maximum Gasteiger partial charge on any atom is 0.329 e. The van der Waals surface area contributed by atoms with Crippen LogP contribution in [0.5, 0.6) is 11.5 Å². The molecule has 0 aromatic heterocycles. The molecule has 0 unspecified atom stereocenters. The zero-order valence-corrected chi connectivity index (χ0v) is 19.3. The maximum absolute atomic E-state index is 11.9. The van der Waals surface area contributed by atoms with Crippen LogP contribution in [0.25, 0.3) is 0 Å². The smallest absolute Gasteiger partial charge is 0.329 e. The van der Waals surface area contributed by atoms with Gasteiger partial charge >= 0.3 is 11.8 Å². The number of halogens is 2. The summed E-state index contributed by atoms with van der Waals surface area (Å²) in [6, 6.07) is 19.4. The fraction of sp³-hybridized carbons (Fsp3) is 0.0870. The van der Waals surface area contributed by atoms with E-state index >= 15 is 0 Å². The van der Waals surface area contributed by atoms with E-state index in [1.54, 1.807) is 54.6 Å². The van der Waals surface area contributed by atoms with Crippen LogP contribution >= 0.6 is 27.5 Å². The average molecular weight is 517 g/mol.